The molecule has 9 nitrogen and oxygen atoms in total. The number of nitrogens with zero attached hydrogens (tertiary/aromatic N) is 3. The number of aryl methyl sites for hydroxylation is 2. The highest BCUT2D eigenvalue weighted by Gasteiger charge is 2.40. The van der Waals surface area contributed by atoms with E-state index in [0.29, 0.717) is 29.3 Å². The van der Waals surface area contributed by atoms with Crippen LogP contribution in [-0.2, 0) is 26.8 Å². The number of likely N-dealkylation sites (tertiary alicyclic amines) is 1. The molecule has 2 aliphatic heterocycles. The number of pyridine rings is 1. The molecule has 0 bridgehead atoms. The van der Waals surface area contributed by atoms with E-state index in [1.165, 1.54) is 17.2 Å². The first-order valence-electron chi connectivity index (χ1n) is 14.8. The first-order valence-corrected chi connectivity index (χ1v) is 14.8. The molecule has 0 radical (unpaired) electrons. The van der Waals surface area contributed by atoms with Gasteiger partial charge in [-0.05, 0) is 68.9 Å². The molecule has 3 aliphatic rings. The zero-order valence-electron chi connectivity index (χ0n) is 24.0. The van der Waals surface area contributed by atoms with Gasteiger partial charge in [-0.2, -0.15) is 18.3 Å². The largest absolute Gasteiger partial charge is 0.416 e. The smallest absolute Gasteiger partial charge is 0.381 e. The van der Waals surface area contributed by atoms with E-state index in [2.05, 4.69) is 36.8 Å². The van der Waals surface area contributed by atoms with Crippen molar-refractivity contribution < 1.29 is 27.4 Å². The second kappa shape index (κ2) is 12.5. The molecule has 5 atom stereocenters. The van der Waals surface area contributed by atoms with E-state index in [-0.39, 0.29) is 18.2 Å². The highest BCUT2D eigenvalue weighted by molar-refractivity contribution is 5.90. The molecule has 2 aromatic heterocycles. The van der Waals surface area contributed by atoms with E-state index < -0.39 is 18.0 Å². The minimum Gasteiger partial charge on any atom is -0.381 e. The van der Waals surface area contributed by atoms with Crippen molar-refractivity contribution in [2.24, 2.45) is 0 Å². The van der Waals surface area contributed by atoms with Crippen molar-refractivity contribution in [3.05, 3.63) is 52.8 Å². The molecule has 4 heterocycles. The summed E-state index contributed by atoms with van der Waals surface area (Å²) in [4.78, 5) is 7.04. The van der Waals surface area contributed by atoms with Crippen molar-refractivity contribution >= 4 is 16.7 Å². The van der Waals surface area contributed by atoms with E-state index in [1.54, 1.807) is 7.11 Å². The maximum atomic E-state index is 13.3. The number of aromatic amines is 1. The monoisotopic (exact) mass is 588 g/mol. The van der Waals surface area contributed by atoms with Crippen molar-refractivity contribution in [1.29, 1.82) is 0 Å². The van der Waals surface area contributed by atoms with Crippen LogP contribution in [0, 0.1) is 6.92 Å². The molecule has 3 aromatic rings. The minimum absolute atomic E-state index is 0.00261. The zero-order valence-corrected chi connectivity index (χ0v) is 24.0. The van der Waals surface area contributed by atoms with Crippen LogP contribution < -0.4 is 10.6 Å². The van der Waals surface area contributed by atoms with E-state index in [4.69, 9.17) is 14.2 Å². The number of nitrogens with one attached hydrogen (secondary N) is 3. The van der Waals surface area contributed by atoms with E-state index in [0.717, 1.165) is 76.2 Å². The number of ether oxygens (including phenoxy) is 3. The summed E-state index contributed by atoms with van der Waals surface area (Å²) in [6.07, 6.45) is 2.09. The third kappa shape index (κ3) is 6.42. The van der Waals surface area contributed by atoms with Crippen molar-refractivity contribution in [2.75, 3.05) is 45.3 Å². The summed E-state index contributed by atoms with van der Waals surface area (Å²) in [5, 5.41) is 14.2. The van der Waals surface area contributed by atoms with Crippen LogP contribution in [0.4, 0.5) is 19.0 Å². The average Bonchev–Trinajstić information content (AvgIpc) is 3.61. The molecule has 42 heavy (non-hydrogen) atoms. The molecule has 6 rings (SSSR count). The lowest BCUT2D eigenvalue weighted by molar-refractivity contribution is -0.137. The second-order valence-corrected chi connectivity index (χ2v) is 11.6. The first-order chi connectivity index (χ1) is 20.3. The van der Waals surface area contributed by atoms with Crippen LogP contribution in [0.25, 0.3) is 10.9 Å². The highest BCUT2D eigenvalue weighted by Crippen LogP contribution is 2.37. The van der Waals surface area contributed by atoms with Crippen LogP contribution in [-0.4, -0.2) is 84.5 Å². The van der Waals surface area contributed by atoms with Crippen molar-refractivity contribution in [3.8, 4) is 0 Å². The number of methoxy groups -OCH3 is 1. The minimum atomic E-state index is -4.43. The quantitative estimate of drug-likeness (QED) is 0.313. The van der Waals surface area contributed by atoms with Crippen LogP contribution in [0.1, 0.15) is 54.2 Å². The van der Waals surface area contributed by atoms with Crippen molar-refractivity contribution in [2.45, 2.75) is 75.7 Å². The Bertz CT molecular complexity index is 1360. The number of fused-ring (bicyclic) bond motifs is 2. The zero-order chi connectivity index (χ0) is 29.3. The standard InChI is InChI=1S/C30H39F3N6O3/c1-18-12-19-5-8-26(23(19)14-34-18)42-27-17-39(21-4-3-10-41-11-9-21)16-25(27)36-28(40-2)15-35-29-22-13-20(30(31,32)33)6-7-24(22)37-38-29/h6-7,12-14,21,25-28,36H,3-5,8-11,15-17H2,1-2H3,(H2,35,37,38)/t21?,25?,26?,27-,28?/m0/s1. The first kappa shape index (κ1) is 29.3. The Morgan fingerprint density at radius 1 is 1.17 bits per heavy atom. The number of H-pyrrole nitrogens is 1. The van der Waals surface area contributed by atoms with Gasteiger partial charge < -0.3 is 19.5 Å². The molecular formula is C30H39F3N6O3. The molecule has 0 spiro atoms. The van der Waals surface area contributed by atoms with E-state index >= 15 is 0 Å². The number of rotatable bonds is 9. The molecule has 1 aliphatic carbocycles. The lowest BCUT2D eigenvalue weighted by Crippen LogP contribution is -2.49. The summed E-state index contributed by atoms with van der Waals surface area (Å²) < 4.78 is 58.3. The van der Waals surface area contributed by atoms with Crippen LogP contribution in [0.3, 0.4) is 0 Å². The van der Waals surface area contributed by atoms with Crippen LogP contribution >= 0.6 is 0 Å². The Labute approximate surface area is 243 Å². The van der Waals surface area contributed by atoms with Gasteiger partial charge in [0.05, 0.1) is 29.8 Å². The number of anilines is 1. The predicted molar refractivity (Wildman–Crippen MR) is 152 cm³/mol. The number of alkyl halides is 3. The van der Waals surface area contributed by atoms with Gasteiger partial charge in [-0.1, -0.05) is 0 Å². The third-order valence-electron chi connectivity index (χ3n) is 8.78. The van der Waals surface area contributed by atoms with Gasteiger partial charge in [-0.3, -0.25) is 20.3 Å². The highest BCUT2D eigenvalue weighted by atomic mass is 19.4. The normalized spacial score (nSPS) is 25.9. The third-order valence-corrected chi connectivity index (χ3v) is 8.78. The van der Waals surface area contributed by atoms with Crippen LogP contribution in [0.15, 0.2) is 30.5 Å². The average molecular weight is 589 g/mol. The number of hydrogen-bond donors (Lipinski definition) is 3. The van der Waals surface area contributed by atoms with Gasteiger partial charge in [0.15, 0.2) is 5.82 Å². The number of halogens is 3. The van der Waals surface area contributed by atoms with Gasteiger partial charge in [-0.15, -0.1) is 0 Å². The van der Waals surface area contributed by atoms with E-state index in [1.807, 2.05) is 13.1 Å². The Morgan fingerprint density at radius 3 is 2.88 bits per heavy atom. The molecule has 0 saturated carbocycles. The van der Waals surface area contributed by atoms with Gasteiger partial charge in [0.2, 0.25) is 0 Å². The maximum absolute atomic E-state index is 13.3. The molecule has 228 valence electrons. The number of hydrogen-bond acceptors (Lipinski definition) is 8. The van der Waals surface area contributed by atoms with Crippen molar-refractivity contribution in [3.63, 3.8) is 0 Å². The fourth-order valence-corrected chi connectivity index (χ4v) is 6.54. The van der Waals surface area contributed by atoms with Crippen LogP contribution in [0.5, 0.6) is 0 Å². The lowest BCUT2D eigenvalue weighted by Gasteiger charge is -2.28. The molecule has 3 N–H and O–H groups in total. The van der Waals surface area contributed by atoms with Gasteiger partial charge in [0.25, 0.3) is 0 Å². The predicted octanol–water partition coefficient (Wildman–Crippen LogP) is 4.59. The summed E-state index contributed by atoms with van der Waals surface area (Å²) in [7, 11) is 1.62. The SMILES string of the molecule is COC(CNc1n[nH]c2ccc(C(F)(F)F)cc12)NC1CN(C2CCCOCC2)C[C@@H]1OC1CCc2cc(C)ncc21. The van der Waals surface area contributed by atoms with Gasteiger partial charge >= 0.3 is 6.18 Å². The molecule has 0 amide bonds. The topological polar surface area (TPSA) is 96.6 Å². The molecule has 2 saturated heterocycles. The summed E-state index contributed by atoms with van der Waals surface area (Å²) in [5.41, 5.74) is 3.32. The second-order valence-electron chi connectivity index (χ2n) is 11.6. The Morgan fingerprint density at radius 2 is 2.05 bits per heavy atom. The summed E-state index contributed by atoms with van der Waals surface area (Å²) >= 11 is 0. The maximum Gasteiger partial charge on any atom is 0.416 e. The van der Waals surface area contributed by atoms with Crippen LogP contribution in [0.2, 0.25) is 0 Å². The molecule has 2 fully saturated rings. The number of aromatic nitrogens is 3. The van der Waals surface area contributed by atoms with Gasteiger partial charge in [0.1, 0.15) is 6.23 Å². The van der Waals surface area contributed by atoms with E-state index in [9.17, 15) is 13.2 Å². The molecule has 1 aromatic carbocycles. The number of benzene rings is 1. The van der Waals surface area contributed by atoms with Crippen molar-refractivity contribution in [1.82, 2.24) is 25.4 Å². The lowest BCUT2D eigenvalue weighted by atomic mass is 10.1. The Balaban J connectivity index is 1.16. The summed E-state index contributed by atoms with van der Waals surface area (Å²) in [6.45, 7) is 5.51. The fraction of sp³-hybridized carbons (Fsp3) is 0.600. The Kier molecular flexibility index (Phi) is 8.69. The molecule has 12 heteroatoms. The fourth-order valence-electron chi connectivity index (χ4n) is 6.54. The summed E-state index contributed by atoms with van der Waals surface area (Å²) in [6, 6.07) is 6.15. The van der Waals surface area contributed by atoms with Gasteiger partial charge in [0, 0.05) is 68.3 Å². The Hall–Kier alpha value is -2.77. The molecular weight excluding hydrogens is 549 g/mol. The molecule has 4 unspecified atom stereocenters. The van der Waals surface area contributed by atoms with Gasteiger partial charge in [-0.25, -0.2) is 0 Å². The summed E-state index contributed by atoms with van der Waals surface area (Å²) in [5.74, 6) is 0.351.